The monoisotopic (exact) mass is 272 g/mol. The molecule has 0 fully saturated rings. The number of aryl methyl sites for hydroxylation is 4. The predicted octanol–water partition coefficient (Wildman–Crippen LogP) is 2.20. The minimum Gasteiger partial charge on any atom is -0.395 e. The molecule has 0 atom stereocenters. The van der Waals surface area contributed by atoms with Crippen molar-refractivity contribution in [1.82, 2.24) is 9.78 Å². The van der Waals surface area contributed by atoms with E-state index in [-0.39, 0.29) is 5.91 Å². The van der Waals surface area contributed by atoms with E-state index in [9.17, 15) is 4.79 Å². The molecule has 0 radical (unpaired) electrons. The van der Waals surface area contributed by atoms with Gasteiger partial charge in [-0.3, -0.25) is 9.48 Å². The van der Waals surface area contributed by atoms with Gasteiger partial charge in [0.25, 0.3) is 5.91 Å². The van der Waals surface area contributed by atoms with Gasteiger partial charge in [-0.1, -0.05) is 6.07 Å². The Balaban J connectivity index is 2.42. The van der Waals surface area contributed by atoms with Crippen molar-refractivity contribution in [3.05, 3.63) is 40.7 Å². The summed E-state index contributed by atoms with van der Waals surface area (Å²) in [7, 11) is 3.48. The first-order valence-corrected chi connectivity index (χ1v) is 6.46. The summed E-state index contributed by atoms with van der Waals surface area (Å²) in [4.78, 5) is 14.2. The van der Waals surface area contributed by atoms with E-state index in [1.807, 2.05) is 26.0 Å². The fourth-order valence-electron chi connectivity index (χ4n) is 2.35. The van der Waals surface area contributed by atoms with Gasteiger partial charge in [0.1, 0.15) is 5.69 Å². The summed E-state index contributed by atoms with van der Waals surface area (Å²) in [5.74, 6) is -0.157. The third-order valence-electron chi connectivity index (χ3n) is 3.37. The van der Waals surface area contributed by atoms with E-state index in [4.69, 9.17) is 5.73 Å². The second kappa shape index (κ2) is 5.00. The van der Waals surface area contributed by atoms with Crippen LogP contribution in [0.3, 0.4) is 0 Å². The molecule has 106 valence electrons. The number of nitrogens with zero attached hydrogens (tertiary/aromatic N) is 3. The Bertz CT molecular complexity index is 653. The zero-order valence-electron chi connectivity index (χ0n) is 12.6. The highest BCUT2D eigenvalue weighted by Gasteiger charge is 2.22. The SMILES string of the molecule is Cc1cc(C)cc(N(C)C(=O)c2c(N)c(C)nn2C)c1. The average molecular weight is 272 g/mol. The van der Waals surface area contributed by atoms with Crippen molar-refractivity contribution in [2.75, 3.05) is 17.7 Å². The third-order valence-corrected chi connectivity index (χ3v) is 3.37. The van der Waals surface area contributed by atoms with Gasteiger partial charge in [-0.15, -0.1) is 0 Å². The van der Waals surface area contributed by atoms with Gasteiger partial charge in [-0.2, -0.15) is 5.10 Å². The van der Waals surface area contributed by atoms with Gasteiger partial charge in [0.15, 0.2) is 0 Å². The predicted molar refractivity (Wildman–Crippen MR) is 81.0 cm³/mol. The molecule has 1 aromatic heterocycles. The minimum atomic E-state index is -0.157. The number of carbonyl (C=O) groups is 1. The van der Waals surface area contributed by atoms with Crippen LogP contribution in [0, 0.1) is 20.8 Å². The number of hydrogen-bond donors (Lipinski definition) is 1. The molecule has 2 N–H and O–H groups in total. The van der Waals surface area contributed by atoms with Crippen LogP contribution in [0.1, 0.15) is 27.3 Å². The second-order valence-corrected chi connectivity index (χ2v) is 5.18. The lowest BCUT2D eigenvalue weighted by Crippen LogP contribution is -2.29. The second-order valence-electron chi connectivity index (χ2n) is 5.18. The van der Waals surface area contributed by atoms with E-state index in [0.717, 1.165) is 16.8 Å². The molecule has 1 amide bonds. The number of nitrogen functional groups attached to an aromatic ring is 1. The molecule has 20 heavy (non-hydrogen) atoms. The maximum atomic E-state index is 12.6. The minimum absolute atomic E-state index is 0.157. The summed E-state index contributed by atoms with van der Waals surface area (Å²) in [5, 5.41) is 4.19. The maximum Gasteiger partial charge on any atom is 0.278 e. The van der Waals surface area contributed by atoms with Gasteiger partial charge in [0.2, 0.25) is 0 Å². The molecule has 1 heterocycles. The van der Waals surface area contributed by atoms with Crippen LogP contribution < -0.4 is 10.6 Å². The van der Waals surface area contributed by atoms with E-state index < -0.39 is 0 Å². The largest absolute Gasteiger partial charge is 0.395 e. The Morgan fingerprint density at radius 2 is 1.75 bits per heavy atom. The van der Waals surface area contributed by atoms with Gasteiger partial charge in [0.05, 0.1) is 11.4 Å². The summed E-state index contributed by atoms with van der Waals surface area (Å²) < 4.78 is 1.53. The Morgan fingerprint density at radius 3 is 2.20 bits per heavy atom. The van der Waals surface area contributed by atoms with Crippen molar-refractivity contribution in [2.24, 2.45) is 7.05 Å². The summed E-state index contributed by atoms with van der Waals surface area (Å²) in [6, 6.07) is 6.03. The topological polar surface area (TPSA) is 64.2 Å². The van der Waals surface area contributed by atoms with Crippen molar-refractivity contribution >= 4 is 17.3 Å². The van der Waals surface area contributed by atoms with Crippen LogP contribution >= 0.6 is 0 Å². The molecule has 5 nitrogen and oxygen atoms in total. The molecule has 2 rings (SSSR count). The standard InChI is InChI=1S/C15H20N4O/c1-9-6-10(2)8-12(7-9)18(4)15(20)14-13(16)11(3)17-19(14)5/h6-8H,16H2,1-5H3. The Kier molecular flexibility index (Phi) is 3.53. The highest BCUT2D eigenvalue weighted by Crippen LogP contribution is 2.22. The fraction of sp³-hybridized carbons (Fsp3) is 0.333. The first-order valence-electron chi connectivity index (χ1n) is 6.46. The fourth-order valence-corrected chi connectivity index (χ4v) is 2.35. The van der Waals surface area contributed by atoms with Crippen LogP contribution in [0.25, 0.3) is 0 Å². The molecule has 0 bridgehead atoms. The molecular weight excluding hydrogens is 252 g/mol. The van der Waals surface area contributed by atoms with Gasteiger partial charge in [-0.25, -0.2) is 0 Å². The maximum absolute atomic E-state index is 12.6. The summed E-state index contributed by atoms with van der Waals surface area (Å²) in [5.41, 5.74) is 10.6. The van der Waals surface area contributed by atoms with E-state index in [1.54, 1.807) is 25.9 Å². The summed E-state index contributed by atoms with van der Waals surface area (Å²) in [6.45, 7) is 5.82. The molecule has 0 aliphatic rings. The van der Waals surface area contributed by atoms with Gasteiger partial charge in [-0.05, 0) is 44.0 Å². The molecule has 2 aromatic rings. The van der Waals surface area contributed by atoms with E-state index in [2.05, 4.69) is 11.2 Å². The van der Waals surface area contributed by atoms with Crippen molar-refractivity contribution in [3.63, 3.8) is 0 Å². The molecule has 0 unspecified atom stereocenters. The third kappa shape index (κ3) is 2.39. The van der Waals surface area contributed by atoms with Gasteiger partial charge < -0.3 is 10.6 Å². The van der Waals surface area contributed by atoms with Crippen LogP contribution in [0.4, 0.5) is 11.4 Å². The van der Waals surface area contributed by atoms with E-state index in [1.165, 1.54) is 4.68 Å². The lowest BCUT2D eigenvalue weighted by Gasteiger charge is -2.19. The number of benzene rings is 1. The van der Waals surface area contributed by atoms with Crippen LogP contribution in [0.5, 0.6) is 0 Å². The summed E-state index contributed by atoms with van der Waals surface area (Å²) >= 11 is 0. The molecule has 0 aliphatic carbocycles. The molecular formula is C15H20N4O. The van der Waals surface area contributed by atoms with Crippen LogP contribution in [0.15, 0.2) is 18.2 Å². The van der Waals surface area contributed by atoms with Crippen molar-refractivity contribution in [2.45, 2.75) is 20.8 Å². The van der Waals surface area contributed by atoms with Crippen molar-refractivity contribution in [1.29, 1.82) is 0 Å². The van der Waals surface area contributed by atoms with Crippen LogP contribution in [0.2, 0.25) is 0 Å². The molecule has 0 aliphatic heterocycles. The Hall–Kier alpha value is -2.30. The normalized spacial score (nSPS) is 10.7. The smallest absolute Gasteiger partial charge is 0.278 e. The number of anilines is 2. The highest BCUT2D eigenvalue weighted by atomic mass is 16.2. The number of amides is 1. The van der Waals surface area contributed by atoms with Gasteiger partial charge >= 0.3 is 0 Å². The number of aromatic nitrogens is 2. The number of nitrogens with two attached hydrogens (primary N) is 1. The van der Waals surface area contributed by atoms with E-state index in [0.29, 0.717) is 17.1 Å². The first-order chi connectivity index (χ1) is 9.31. The molecule has 0 saturated carbocycles. The number of hydrogen-bond acceptors (Lipinski definition) is 3. The molecule has 0 saturated heterocycles. The Labute approximate surface area is 119 Å². The highest BCUT2D eigenvalue weighted by molar-refractivity contribution is 6.08. The van der Waals surface area contributed by atoms with Crippen molar-refractivity contribution < 1.29 is 4.79 Å². The number of carbonyl (C=O) groups excluding carboxylic acids is 1. The quantitative estimate of drug-likeness (QED) is 0.911. The van der Waals surface area contributed by atoms with Crippen LogP contribution in [-0.4, -0.2) is 22.7 Å². The molecule has 5 heteroatoms. The van der Waals surface area contributed by atoms with Crippen LogP contribution in [-0.2, 0) is 7.05 Å². The summed E-state index contributed by atoms with van der Waals surface area (Å²) in [6.07, 6.45) is 0. The van der Waals surface area contributed by atoms with Crippen molar-refractivity contribution in [3.8, 4) is 0 Å². The molecule has 1 aromatic carbocycles. The average Bonchev–Trinajstić information content (AvgIpc) is 2.60. The number of rotatable bonds is 2. The molecule has 0 spiro atoms. The Morgan fingerprint density at radius 1 is 1.20 bits per heavy atom. The zero-order valence-corrected chi connectivity index (χ0v) is 12.6. The van der Waals surface area contributed by atoms with E-state index >= 15 is 0 Å². The zero-order chi connectivity index (χ0) is 15.0. The van der Waals surface area contributed by atoms with Gasteiger partial charge in [0, 0.05) is 19.8 Å². The first kappa shape index (κ1) is 14.1. The lowest BCUT2D eigenvalue weighted by atomic mass is 10.1. The lowest BCUT2D eigenvalue weighted by molar-refractivity contribution is 0.0985.